The Bertz CT molecular complexity index is 1310. The van der Waals surface area contributed by atoms with Gasteiger partial charge in [0, 0.05) is 54.6 Å². The number of hydrogen-bond acceptors (Lipinski definition) is 5. The number of benzene rings is 1. The zero-order valence-corrected chi connectivity index (χ0v) is 17.7. The summed E-state index contributed by atoms with van der Waals surface area (Å²) in [6.07, 6.45) is 7.27. The third kappa shape index (κ3) is 3.21. The zero-order chi connectivity index (χ0) is 21.5. The minimum Gasteiger partial charge on any atom is -0.473 e. The number of fused-ring (bicyclic) bond motifs is 2. The summed E-state index contributed by atoms with van der Waals surface area (Å²) in [6.45, 7) is 1.98. The van der Waals surface area contributed by atoms with E-state index in [9.17, 15) is 4.79 Å². The molecule has 3 aromatic heterocycles. The lowest BCUT2D eigenvalue weighted by Gasteiger charge is -2.16. The summed E-state index contributed by atoms with van der Waals surface area (Å²) in [7, 11) is 0. The summed E-state index contributed by atoms with van der Waals surface area (Å²) < 4.78 is 8.03. The minimum absolute atomic E-state index is 0.156. The van der Waals surface area contributed by atoms with Crippen LogP contribution in [0.25, 0.3) is 33.4 Å². The molecule has 7 heteroatoms. The molecular weight excluding hydrogens is 402 g/mol. The molecule has 0 spiro atoms. The van der Waals surface area contributed by atoms with Gasteiger partial charge in [-0.05, 0) is 55.2 Å². The van der Waals surface area contributed by atoms with Gasteiger partial charge in [0.1, 0.15) is 11.4 Å². The Morgan fingerprint density at radius 3 is 2.75 bits per heavy atom. The van der Waals surface area contributed by atoms with E-state index in [1.54, 1.807) is 4.90 Å². The number of amides is 1. The van der Waals surface area contributed by atoms with Crippen molar-refractivity contribution in [2.24, 2.45) is 0 Å². The van der Waals surface area contributed by atoms with Gasteiger partial charge in [-0.25, -0.2) is 0 Å². The second kappa shape index (κ2) is 7.75. The van der Waals surface area contributed by atoms with Crippen LogP contribution in [0.4, 0.5) is 0 Å². The van der Waals surface area contributed by atoms with Crippen molar-refractivity contribution in [2.75, 3.05) is 13.3 Å². The van der Waals surface area contributed by atoms with E-state index in [4.69, 9.17) is 9.84 Å². The minimum atomic E-state index is 0.156. The van der Waals surface area contributed by atoms with E-state index in [-0.39, 0.29) is 12.6 Å². The first-order valence-electron chi connectivity index (χ1n) is 11.1. The Morgan fingerprint density at radius 1 is 0.969 bits per heavy atom. The molecule has 2 aliphatic rings. The molecular formula is C25H23N5O2. The van der Waals surface area contributed by atoms with Crippen LogP contribution in [-0.2, 0) is 17.8 Å². The highest BCUT2D eigenvalue weighted by Crippen LogP contribution is 2.40. The lowest BCUT2D eigenvalue weighted by molar-refractivity contribution is -0.130. The fourth-order valence-electron chi connectivity index (χ4n) is 4.73. The molecule has 2 aliphatic heterocycles. The second-order valence-electron chi connectivity index (χ2n) is 8.28. The van der Waals surface area contributed by atoms with E-state index in [0.29, 0.717) is 12.2 Å². The first-order chi connectivity index (χ1) is 15.8. The van der Waals surface area contributed by atoms with Crippen molar-refractivity contribution >= 4 is 16.8 Å². The van der Waals surface area contributed by atoms with Crippen LogP contribution >= 0.6 is 0 Å². The Balaban J connectivity index is 1.41. The molecule has 1 fully saturated rings. The number of ether oxygens (including phenoxy) is 1. The third-order valence-corrected chi connectivity index (χ3v) is 6.29. The van der Waals surface area contributed by atoms with Crippen molar-refractivity contribution in [3.63, 3.8) is 0 Å². The number of carbonyl (C=O) groups is 1. The first kappa shape index (κ1) is 19.0. The quantitative estimate of drug-likeness (QED) is 0.482. The van der Waals surface area contributed by atoms with Gasteiger partial charge >= 0.3 is 0 Å². The largest absolute Gasteiger partial charge is 0.473 e. The van der Waals surface area contributed by atoms with Crippen LogP contribution < -0.4 is 4.74 Å². The Morgan fingerprint density at radius 2 is 1.91 bits per heavy atom. The fourth-order valence-corrected chi connectivity index (χ4v) is 4.73. The van der Waals surface area contributed by atoms with Crippen LogP contribution in [0.5, 0.6) is 5.75 Å². The number of pyridine rings is 2. The molecule has 4 aromatic rings. The van der Waals surface area contributed by atoms with E-state index in [0.717, 1.165) is 65.8 Å². The van der Waals surface area contributed by atoms with Gasteiger partial charge in [0.15, 0.2) is 6.73 Å². The molecule has 0 radical (unpaired) electrons. The van der Waals surface area contributed by atoms with E-state index < -0.39 is 0 Å². The average molecular weight is 425 g/mol. The molecule has 6 rings (SSSR count). The van der Waals surface area contributed by atoms with Crippen molar-refractivity contribution in [3.8, 4) is 28.3 Å². The van der Waals surface area contributed by atoms with Crippen LogP contribution in [0.15, 0.2) is 54.9 Å². The second-order valence-corrected chi connectivity index (χ2v) is 8.28. The molecule has 5 heterocycles. The van der Waals surface area contributed by atoms with Crippen molar-refractivity contribution < 1.29 is 9.53 Å². The number of likely N-dealkylation sites (tertiary alicyclic amines) is 1. The summed E-state index contributed by atoms with van der Waals surface area (Å²) in [5.74, 6) is 0.871. The first-order valence-corrected chi connectivity index (χ1v) is 11.1. The summed E-state index contributed by atoms with van der Waals surface area (Å²) in [5, 5.41) is 5.97. The van der Waals surface area contributed by atoms with Crippen molar-refractivity contribution in [1.29, 1.82) is 0 Å². The molecule has 7 nitrogen and oxygen atoms in total. The third-order valence-electron chi connectivity index (χ3n) is 6.29. The van der Waals surface area contributed by atoms with Gasteiger partial charge in [-0.3, -0.25) is 19.4 Å². The Hall–Kier alpha value is -3.74. The molecule has 0 saturated carbocycles. The van der Waals surface area contributed by atoms with Gasteiger partial charge in [0.2, 0.25) is 5.91 Å². The normalized spacial score (nSPS) is 15.5. The maximum atomic E-state index is 11.8. The smallest absolute Gasteiger partial charge is 0.225 e. The molecule has 160 valence electrons. The lowest BCUT2D eigenvalue weighted by atomic mass is 9.96. The van der Waals surface area contributed by atoms with Crippen LogP contribution in [0.2, 0.25) is 0 Å². The summed E-state index contributed by atoms with van der Waals surface area (Å²) >= 11 is 0. The van der Waals surface area contributed by atoms with Crippen LogP contribution in [0, 0.1) is 0 Å². The summed E-state index contributed by atoms with van der Waals surface area (Å²) in [4.78, 5) is 22.8. The number of aromatic nitrogens is 4. The van der Waals surface area contributed by atoms with E-state index in [1.165, 1.54) is 5.69 Å². The molecule has 0 atom stereocenters. The maximum Gasteiger partial charge on any atom is 0.225 e. The topological polar surface area (TPSA) is 73.1 Å². The molecule has 0 bridgehead atoms. The Kier molecular flexibility index (Phi) is 4.60. The predicted molar refractivity (Wildman–Crippen MR) is 121 cm³/mol. The van der Waals surface area contributed by atoms with Crippen LogP contribution in [0.3, 0.4) is 0 Å². The monoisotopic (exact) mass is 425 g/mol. The zero-order valence-electron chi connectivity index (χ0n) is 17.7. The maximum absolute atomic E-state index is 11.8. The number of rotatable bonds is 5. The van der Waals surface area contributed by atoms with Gasteiger partial charge < -0.3 is 9.64 Å². The van der Waals surface area contributed by atoms with Gasteiger partial charge in [-0.15, -0.1) is 0 Å². The van der Waals surface area contributed by atoms with Crippen LogP contribution in [-0.4, -0.2) is 43.8 Å². The van der Waals surface area contributed by atoms with Crippen molar-refractivity contribution in [1.82, 2.24) is 24.6 Å². The van der Waals surface area contributed by atoms with E-state index in [1.807, 2.05) is 42.7 Å². The average Bonchev–Trinajstić information content (AvgIpc) is 3.54. The summed E-state index contributed by atoms with van der Waals surface area (Å²) in [5.41, 5.74) is 6.17. The standard InChI is InChI=1S/C25H23N5O2/c31-23-7-4-13-29(23)16-32-17-8-9-18-19(10-12-27-21(18)15-17)24-22-6-3-14-30(22)28-25(24)20-5-1-2-11-26-20/h1-2,5,8-12,15H,3-4,6-7,13-14,16H2. The predicted octanol–water partition coefficient (Wildman–Crippen LogP) is 4.07. The molecule has 0 N–H and O–H groups in total. The SMILES string of the molecule is O=C1CCCN1COc1ccc2c(-c3c(-c4ccccn4)nn4c3CCC4)ccnc2c1. The van der Waals surface area contributed by atoms with Crippen LogP contribution in [0.1, 0.15) is 25.0 Å². The molecule has 1 aromatic carbocycles. The van der Waals surface area contributed by atoms with E-state index in [2.05, 4.69) is 26.8 Å². The molecule has 32 heavy (non-hydrogen) atoms. The lowest BCUT2D eigenvalue weighted by Crippen LogP contribution is -2.28. The molecule has 1 saturated heterocycles. The van der Waals surface area contributed by atoms with E-state index >= 15 is 0 Å². The molecule has 0 aliphatic carbocycles. The number of aryl methyl sites for hydroxylation is 1. The van der Waals surface area contributed by atoms with Crippen molar-refractivity contribution in [2.45, 2.75) is 32.2 Å². The highest BCUT2D eigenvalue weighted by atomic mass is 16.5. The van der Waals surface area contributed by atoms with Gasteiger partial charge in [0.05, 0.1) is 11.2 Å². The summed E-state index contributed by atoms with van der Waals surface area (Å²) in [6, 6.07) is 14.0. The highest BCUT2D eigenvalue weighted by molar-refractivity contribution is 5.99. The molecule has 1 amide bonds. The van der Waals surface area contributed by atoms with Gasteiger partial charge in [-0.1, -0.05) is 6.07 Å². The number of hydrogen-bond donors (Lipinski definition) is 0. The van der Waals surface area contributed by atoms with Crippen molar-refractivity contribution in [3.05, 3.63) is 60.6 Å². The number of nitrogens with zero attached hydrogens (tertiary/aromatic N) is 5. The highest BCUT2D eigenvalue weighted by Gasteiger charge is 2.25. The molecule has 0 unspecified atom stereocenters. The number of carbonyl (C=O) groups excluding carboxylic acids is 1. The van der Waals surface area contributed by atoms with Gasteiger partial charge in [0.25, 0.3) is 0 Å². The van der Waals surface area contributed by atoms with Gasteiger partial charge in [-0.2, -0.15) is 5.10 Å². The Labute approximate surface area is 185 Å². The fraction of sp³-hybridized carbons (Fsp3) is 0.280.